The van der Waals surface area contributed by atoms with Crippen LogP contribution in [-0.4, -0.2) is 75.4 Å². The fraction of sp³-hybridized carbons (Fsp3) is 0.500. The van der Waals surface area contributed by atoms with Crippen LogP contribution < -0.4 is 9.47 Å². The Bertz CT molecular complexity index is 515. The molecule has 1 aliphatic heterocycles. The van der Waals surface area contributed by atoms with E-state index in [1.165, 1.54) is 24.3 Å². The van der Waals surface area contributed by atoms with Crippen LogP contribution in [0, 0.1) is 0 Å². The van der Waals surface area contributed by atoms with Gasteiger partial charge < -0.3 is 39.7 Å². The molecule has 1 fully saturated rings. The van der Waals surface area contributed by atoms with Gasteiger partial charge in [-0.3, -0.25) is 0 Å². The molecule has 23 heavy (non-hydrogen) atoms. The molecule has 5 N–H and O–H groups in total. The van der Waals surface area contributed by atoms with E-state index in [1.54, 1.807) is 0 Å². The van der Waals surface area contributed by atoms with Gasteiger partial charge in [-0.2, -0.15) is 0 Å². The average Bonchev–Trinajstić information content (AvgIpc) is 2.54. The molecule has 1 saturated heterocycles. The Morgan fingerprint density at radius 1 is 1.04 bits per heavy atom. The highest BCUT2D eigenvalue weighted by Crippen LogP contribution is 2.25. The van der Waals surface area contributed by atoms with Gasteiger partial charge in [-0.25, -0.2) is 4.79 Å². The number of carboxylic acid groups (broad SMARTS) is 1. The van der Waals surface area contributed by atoms with Crippen LogP contribution in [0.3, 0.4) is 0 Å². The van der Waals surface area contributed by atoms with E-state index in [0.717, 1.165) is 0 Å². The lowest BCUT2D eigenvalue weighted by molar-refractivity contribution is -0.277. The predicted molar refractivity (Wildman–Crippen MR) is 74.0 cm³/mol. The van der Waals surface area contributed by atoms with E-state index in [0.29, 0.717) is 5.75 Å². The third-order valence-electron chi connectivity index (χ3n) is 3.29. The van der Waals surface area contributed by atoms with E-state index in [9.17, 15) is 20.1 Å². The van der Waals surface area contributed by atoms with Crippen molar-refractivity contribution in [3.8, 4) is 11.5 Å². The molecule has 0 aliphatic carbocycles. The molecule has 2 rings (SSSR count). The molecule has 1 heterocycles. The molecule has 1 aromatic rings. The van der Waals surface area contributed by atoms with Crippen molar-refractivity contribution in [2.75, 3.05) is 13.2 Å². The van der Waals surface area contributed by atoms with Crippen LogP contribution in [-0.2, 0) is 9.53 Å². The summed E-state index contributed by atoms with van der Waals surface area (Å²) in [6.07, 6.45) is -6.82. The van der Waals surface area contributed by atoms with Gasteiger partial charge in [0.25, 0.3) is 0 Å². The highest BCUT2D eigenvalue weighted by atomic mass is 16.7. The van der Waals surface area contributed by atoms with Gasteiger partial charge in [-0.1, -0.05) is 0 Å². The fourth-order valence-electron chi connectivity index (χ4n) is 2.06. The van der Waals surface area contributed by atoms with Crippen LogP contribution in [0.2, 0.25) is 0 Å². The molecule has 9 nitrogen and oxygen atoms in total. The molecule has 0 unspecified atom stereocenters. The Balaban J connectivity index is 1.99. The SMILES string of the molecule is O=C(O)COc1ccc(O[C@@H]2O[C@H](CO)[C@H](O)[C@H](O)[C@H]2O)cc1. The highest BCUT2D eigenvalue weighted by molar-refractivity contribution is 5.68. The number of aliphatic hydroxyl groups is 4. The van der Waals surface area contributed by atoms with Gasteiger partial charge in [-0.15, -0.1) is 0 Å². The summed E-state index contributed by atoms with van der Waals surface area (Å²) in [6, 6.07) is 5.84. The maximum atomic E-state index is 10.4. The Labute approximate surface area is 131 Å². The number of hydrogen-bond donors (Lipinski definition) is 5. The molecule has 1 aromatic carbocycles. The van der Waals surface area contributed by atoms with E-state index >= 15 is 0 Å². The first-order valence-electron chi connectivity index (χ1n) is 6.84. The van der Waals surface area contributed by atoms with Crippen molar-refractivity contribution in [2.24, 2.45) is 0 Å². The Hall–Kier alpha value is -1.91. The predicted octanol–water partition coefficient (Wildman–Crippen LogP) is -1.67. The number of carboxylic acids is 1. The van der Waals surface area contributed by atoms with Crippen LogP contribution in [0.4, 0.5) is 0 Å². The number of aliphatic carboxylic acids is 1. The molecule has 0 bridgehead atoms. The minimum atomic E-state index is -1.52. The quantitative estimate of drug-likeness (QED) is 0.413. The van der Waals surface area contributed by atoms with Crippen molar-refractivity contribution in [1.29, 1.82) is 0 Å². The van der Waals surface area contributed by atoms with Crippen molar-refractivity contribution in [2.45, 2.75) is 30.7 Å². The second-order valence-electron chi connectivity index (χ2n) is 4.97. The summed E-state index contributed by atoms with van der Waals surface area (Å²) in [5, 5.41) is 46.8. The highest BCUT2D eigenvalue weighted by Gasteiger charge is 2.44. The Morgan fingerprint density at radius 3 is 2.22 bits per heavy atom. The van der Waals surface area contributed by atoms with Crippen LogP contribution in [0.15, 0.2) is 24.3 Å². The van der Waals surface area contributed by atoms with E-state index in [4.69, 9.17) is 24.4 Å². The van der Waals surface area contributed by atoms with Crippen molar-refractivity contribution in [3.63, 3.8) is 0 Å². The van der Waals surface area contributed by atoms with Crippen molar-refractivity contribution >= 4 is 5.97 Å². The summed E-state index contributed by atoms with van der Waals surface area (Å²) in [6.45, 7) is -1.03. The summed E-state index contributed by atoms with van der Waals surface area (Å²) >= 11 is 0. The van der Waals surface area contributed by atoms with Crippen LogP contribution in [0.1, 0.15) is 0 Å². The summed E-state index contributed by atoms with van der Waals surface area (Å²) in [5.41, 5.74) is 0. The van der Waals surface area contributed by atoms with Gasteiger partial charge in [0.15, 0.2) is 6.61 Å². The van der Waals surface area contributed by atoms with E-state index in [1.807, 2.05) is 0 Å². The van der Waals surface area contributed by atoms with Crippen LogP contribution in [0.25, 0.3) is 0 Å². The standard InChI is InChI=1S/C14H18O9/c15-5-9-11(18)12(19)13(20)14(23-9)22-8-3-1-7(2-4-8)21-6-10(16)17/h1-4,9,11-15,18-20H,5-6H2,(H,16,17)/t9-,11+,12+,13-,14-/m1/s1. The molecule has 0 amide bonds. The lowest BCUT2D eigenvalue weighted by Crippen LogP contribution is -2.60. The van der Waals surface area contributed by atoms with Gasteiger partial charge >= 0.3 is 5.97 Å². The van der Waals surface area contributed by atoms with E-state index in [2.05, 4.69) is 0 Å². The van der Waals surface area contributed by atoms with Crippen molar-refractivity contribution < 1.29 is 44.5 Å². The van der Waals surface area contributed by atoms with Crippen molar-refractivity contribution in [1.82, 2.24) is 0 Å². The largest absolute Gasteiger partial charge is 0.482 e. The smallest absolute Gasteiger partial charge is 0.341 e. The van der Waals surface area contributed by atoms with Crippen LogP contribution in [0.5, 0.6) is 11.5 Å². The summed E-state index contributed by atoms with van der Waals surface area (Å²) in [4.78, 5) is 10.4. The van der Waals surface area contributed by atoms with Gasteiger partial charge in [0.2, 0.25) is 6.29 Å². The molecule has 1 aliphatic rings. The zero-order chi connectivity index (χ0) is 17.0. The molecule has 5 atom stereocenters. The number of rotatable bonds is 6. The maximum Gasteiger partial charge on any atom is 0.341 e. The third-order valence-corrected chi connectivity index (χ3v) is 3.29. The normalized spacial score (nSPS) is 30.7. The average molecular weight is 330 g/mol. The number of carbonyl (C=O) groups is 1. The Kier molecular flexibility index (Phi) is 5.74. The number of benzene rings is 1. The first kappa shape index (κ1) is 17.4. The number of aliphatic hydroxyl groups excluding tert-OH is 4. The molecule has 9 heteroatoms. The molecule has 0 spiro atoms. The second-order valence-corrected chi connectivity index (χ2v) is 4.97. The summed E-state index contributed by atoms with van der Waals surface area (Å²) in [5.74, 6) is -0.530. The molecule has 0 saturated carbocycles. The monoisotopic (exact) mass is 330 g/mol. The lowest BCUT2D eigenvalue weighted by Gasteiger charge is -2.39. The minimum Gasteiger partial charge on any atom is -0.482 e. The topological polar surface area (TPSA) is 146 Å². The summed E-state index contributed by atoms with van der Waals surface area (Å²) < 4.78 is 15.5. The van der Waals surface area contributed by atoms with E-state index < -0.39 is 49.9 Å². The maximum absolute atomic E-state index is 10.4. The second kappa shape index (κ2) is 7.57. The lowest BCUT2D eigenvalue weighted by atomic mass is 9.99. The number of hydrogen-bond acceptors (Lipinski definition) is 8. The van der Waals surface area contributed by atoms with Gasteiger partial charge in [0.05, 0.1) is 6.61 Å². The third kappa shape index (κ3) is 4.30. The fourth-order valence-corrected chi connectivity index (χ4v) is 2.06. The molecular formula is C14H18O9. The Morgan fingerprint density at radius 2 is 1.65 bits per heavy atom. The van der Waals surface area contributed by atoms with Crippen LogP contribution >= 0.6 is 0 Å². The number of ether oxygens (including phenoxy) is 3. The minimum absolute atomic E-state index is 0.261. The molecule has 0 aromatic heterocycles. The van der Waals surface area contributed by atoms with Crippen molar-refractivity contribution in [3.05, 3.63) is 24.3 Å². The molecule has 0 radical (unpaired) electrons. The zero-order valence-corrected chi connectivity index (χ0v) is 12.0. The zero-order valence-electron chi connectivity index (χ0n) is 12.0. The van der Waals surface area contributed by atoms with E-state index in [-0.39, 0.29) is 5.75 Å². The van der Waals surface area contributed by atoms with Gasteiger partial charge in [0.1, 0.15) is 35.9 Å². The molecule has 128 valence electrons. The first-order valence-corrected chi connectivity index (χ1v) is 6.84. The van der Waals surface area contributed by atoms with Gasteiger partial charge in [0, 0.05) is 0 Å². The summed E-state index contributed by atoms with van der Waals surface area (Å²) in [7, 11) is 0. The first-order chi connectivity index (χ1) is 10.9. The van der Waals surface area contributed by atoms with Gasteiger partial charge in [-0.05, 0) is 24.3 Å². The molecular weight excluding hydrogens is 312 g/mol.